The van der Waals surface area contributed by atoms with Crippen molar-refractivity contribution in [3.63, 3.8) is 0 Å². The van der Waals surface area contributed by atoms with E-state index < -0.39 is 0 Å². The van der Waals surface area contributed by atoms with Gasteiger partial charge in [0, 0.05) is 51.0 Å². The molecule has 2 aliphatic rings. The normalized spacial score (nSPS) is 19.1. The van der Waals surface area contributed by atoms with Gasteiger partial charge in [-0.25, -0.2) is 4.99 Å². The lowest BCUT2D eigenvalue weighted by atomic mass is 9.80. The third kappa shape index (κ3) is 7.82. The Labute approximate surface area is 207 Å². The molecule has 1 saturated carbocycles. The second kappa shape index (κ2) is 13.9. The molecule has 1 aliphatic carbocycles. The van der Waals surface area contributed by atoms with E-state index in [-0.39, 0.29) is 40.1 Å². The second-order valence-electron chi connectivity index (χ2n) is 8.25. The number of methoxy groups -OCH3 is 1. The first kappa shape index (κ1) is 26.7. The molecule has 2 fully saturated rings. The van der Waals surface area contributed by atoms with Crippen LogP contribution in [0, 0.1) is 10.1 Å². The third-order valence-corrected chi connectivity index (χ3v) is 6.22. The highest BCUT2D eigenvalue weighted by atomic mass is 127. The zero-order valence-electron chi connectivity index (χ0n) is 18.9. The van der Waals surface area contributed by atoms with E-state index >= 15 is 0 Å². The van der Waals surface area contributed by atoms with Gasteiger partial charge in [-0.15, -0.1) is 24.0 Å². The smallest absolute Gasteiger partial charge is 0.269 e. The summed E-state index contributed by atoms with van der Waals surface area (Å²) in [6.45, 7) is 6.10. The average Bonchev–Trinajstić information content (AvgIpc) is 2.82. The fourth-order valence-corrected chi connectivity index (χ4v) is 4.44. The van der Waals surface area contributed by atoms with Gasteiger partial charge in [-0.2, -0.15) is 0 Å². The Kier molecular flexibility index (Phi) is 11.6. The van der Waals surface area contributed by atoms with Gasteiger partial charge in [0.1, 0.15) is 0 Å². The van der Waals surface area contributed by atoms with Crippen molar-refractivity contribution in [2.45, 2.75) is 44.2 Å². The molecule has 0 aromatic heterocycles. The van der Waals surface area contributed by atoms with Crippen LogP contribution in [0.4, 0.5) is 5.69 Å². The monoisotopic (exact) mass is 561 g/mol. The van der Waals surface area contributed by atoms with Crippen LogP contribution in [0.2, 0.25) is 0 Å². The number of halogens is 1. The van der Waals surface area contributed by atoms with Crippen LogP contribution < -0.4 is 10.6 Å². The minimum atomic E-state index is -0.387. The number of nitro benzene ring substituents is 1. The molecule has 0 atom stereocenters. The number of non-ortho nitro benzene ring substituents is 1. The number of hydrogen-bond acceptors (Lipinski definition) is 6. The molecule has 0 radical (unpaired) electrons. The van der Waals surface area contributed by atoms with Crippen LogP contribution in [-0.4, -0.2) is 74.4 Å². The summed E-state index contributed by atoms with van der Waals surface area (Å²) in [5.41, 5.74) is 1.16. The van der Waals surface area contributed by atoms with Gasteiger partial charge in [0.15, 0.2) is 5.96 Å². The summed E-state index contributed by atoms with van der Waals surface area (Å²) in [5, 5.41) is 17.8. The third-order valence-electron chi connectivity index (χ3n) is 6.22. The largest absolute Gasteiger partial charge is 0.383 e. The van der Waals surface area contributed by atoms with E-state index in [1.807, 2.05) is 0 Å². The lowest BCUT2D eigenvalue weighted by Crippen LogP contribution is -2.60. The van der Waals surface area contributed by atoms with Gasteiger partial charge >= 0.3 is 0 Å². The molecule has 10 heteroatoms. The van der Waals surface area contributed by atoms with Gasteiger partial charge in [0.05, 0.1) is 31.3 Å². The number of guanidine groups is 1. The van der Waals surface area contributed by atoms with Crippen LogP contribution in [0.1, 0.15) is 37.7 Å². The van der Waals surface area contributed by atoms with Crippen LogP contribution in [0.15, 0.2) is 29.3 Å². The highest BCUT2D eigenvalue weighted by Crippen LogP contribution is 2.33. The molecular weight excluding hydrogens is 525 g/mol. The van der Waals surface area contributed by atoms with Gasteiger partial charge in [-0.05, 0) is 18.4 Å². The second-order valence-corrected chi connectivity index (χ2v) is 8.25. The molecule has 1 saturated heterocycles. The van der Waals surface area contributed by atoms with Crippen molar-refractivity contribution in [3.8, 4) is 0 Å². The molecule has 32 heavy (non-hydrogen) atoms. The number of nitro groups is 1. The lowest BCUT2D eigenvalue weighted by Gasteiger charge is -2.48. The molecule has 180 valence electrons. The highest BCUT2D eigenvalue weighted by Gasteiger charge is 2.38. The molecule has 2 N–H and O–H groups in total. The molecule has 1 aromatic carbocycles. The fourth-order valence-electron chi connectivity index (χ4n) is 4.44. The summed E-state index contributed by atoms with van der Waals surface area (Å²) < 4.78 is 10.8. The van der Waals surface area contributed by atoms with Crippen LogP contribution in [-0.2, 0) is 16.0 Å². The zero-order valence-corrected chi connectivity index (χ0v) is 21.2. The van der Waals surface area contributed by atoms with Crippen molar-refractivity contribution in [3.05, 3.63) is 39.9 Å². The van der Waals surface area contributed by atoms with E-state index in [1.165, 1.54) is 44.2 Å². The van der Waals surface area contributed by atoms with Crippen molar-refractivity contribution >= 4 is 35.6 Å². The van der Waals surface area contributed by atoms with Crippen molar-refractivity contribution in [1.29, 1.82) is 0 Å². The Morgan fingerprint density at radius 2 is 1.88 bits per heavy atom. The Morgan fingerprint density at radius 3 is 2.50 bits per heavy atom. The first-order valence-corrected chi connectivity index (χ1v) is 11.2. The summed E-state index contributed by atoms with van der Waals surface area (Å²) in [7, 11) is 1.68. The minimum absolute atomic E-state index is 0. The quantitative estimate of drug-likeness (QED) is 0.119. The summed E-state index contributed by atoms with van der Waals surface area (Å²) in [6.07, 6.45) is 6.19. The van der Waals surface area contributed by atoms with Gasteiger partial charge in [-0.1, -0.05) is 31.4 Å². The summed E-state index contributed by atoms with van der Waals surface area (Å²) in [4.78, 5) is 17.8. The van der Waals surface area contributed by atoms with Gasteiger partial charge < -0.3 is 20.1 Å². The molecule has 1 aliphatic heterocycles. The zero-order chi connectivity index (χ0) is 21.9. The van der Waals surface area contributed by atoms with Gasteiger partial charge in [-0.3, -0.25) is 15.0 Å². The van der Waals surface area contributed by atoms with Gasteiger partial charge in [0.2, 0.25) is 0 Å². The number of aliphatic imine (C=N–C) groups is 1. The van der Waals surface area contributed by atoms with Gasteiger partial charge in [0.25, 0.3) is 5.69 Å². The van der Waals surface area contributed by atoms with Crippen molar-refractivity contribution in [2.75, 3.05) is 53.1 Å². The number of ether oxygens (including phenoxy) is 2. The number of benzene rings is 1. The first-order chi connectivity index (χ1) is 15.1. The molecular formula is C22H36IN5O4. The molecule has 1 heterocycles. The van der Waals surface area contributed by atoms with Crippen molar-refractivity contribution in [1.82, 2.24) is 15.5 Å². The number of hydrogen-bond donors (Lipinski definition) is 2. The highest BCUT2D eigenvalue weighted by molar-refractivity contribution is 14.0. The molecule has 0 amide bonds. The maximum Gasteiger partial charge on any atom is 0.269 e. The van der Waals surface area contributed by atoms with E-state index in [1.54, 1.807) is 19.2 Å². The van der Waals surface area contributed by atoms with Crippen LogP contribution in [0.3, 0.4) is 0 Å². The average molecular weight is 561 g/mol. The Balaban J connectivity index is 0.00000363. The molecule has 9 nitrogen and oxygen atoms in total. The number of rotatable bonds is 9. The minimum Gasteiger partial charge on any atom is -0.383 e. The standard InChI is InChI=1S/C22H35N5O4.HI/c1-30-14-11-23-21(24-17-19-5-7-20(8-6-19)27(28)29)25-18-22(9-3-2-4-10-22)26-12-15-31-16-13-26;/h5-8H,2-4,9-18H2,1H3,(H2,23,24,25);1H. The summed E-state index contributed by atoms with van der Waals surface area (Å²) >= 11 is 0. The Bertz CT molecular complexity index is 720. The predicted octanol–water partition coefficient (Wildman–Crippen LogP) is 2.93. The van der Waals surface area contributed by atoms with E-state index in [4.69, 9.17) is 14.5 Å². The summed E-state index contributed by atoms with van der Waals surface area (Å²) in [5.74, 6) is 0.744. The van der Waals surface area contributed by atoms with E-state index in [9.17, 15) is 10.1 Å². The number of morpholine rings is 1. The van der Waals surface area contributed by atoms with Crippen LogP contribution in [0.25, 0.3) is 0 Å². The van der Waals surface area contributed by atoms with Crippen molar-refractivity contribution in [2.24, 2.45) is 4.99 Å². The molecule has 0 spiro atoms. The van der Waals surface area contributed by atoms with Crippen LogP contribution in [0.5, 0.6) is 0 Å². The van der Waals surface area contributed by atoms with Crippen LogP contribution >= 0.6 is 24.0 Å². The van der Waals surface area contributed by atoms with E-state index in [0.717, 1.165) is 44.4 Å². The lowest BCUT2D eigenvalue weighted by molar-refractivity contribution is -0.384. The van der Waals surface area contributed by atoms with E-state index in [0.29, 0.717) is 19.7 Å². The first-order valence-electron chi connectivity index (χ1n) is 11.2. The Morgan fingerprint density at radius 1 is 1.19 bits per heavy atom. The molecule has 1 aromatic rings. The van der Waals surface area contributed by atoms with Crippen molar-refractivity contribution < 1.29 is 14.4 Å². The maximum absolute atomic E-state index is 10.9. The molecule has 0 unspecified atom stereocenters. The predicted molar refractivity (Wildman–Crippen MR) is 136 cm³/mol. The van der Waals surface area contributed by atoms with E-state index in [2.05, 4.69) is 15.5 Å². The SMILES string of the molecule is COCCNC(=NCc1ccc([N+](=O)[O-])cc1)NCC1(N2CCOCC2)CCCCC1.I. The summed E-state index contributed by atoms with van der Waals surface area (Å²) in [6, 6.07) is 6.55. The fraction of sp³-hybridized carbons (Fsp3) is 0.682. The number of nitrogens with one attached hydrogen (secondary N) is 2. The molecule has 3 rings (SSSR count). The maximum atomic E-state index is 10.9. The Hall–Kier alpha value is -1.50. The topological polar surface area (TPSA) is 101 Å². The number of nitrogens with zero attached hydrogens (tertiary/aromatic N) is 3. The molecule has 0 bridgehead atoms.